The van der Waals surface area contributed by atoms with Crippen molar-refractivity contribution in [2.45, 2.75) is 32.7 Å². The fourth-order valence-electron chi connectivity index (χ4n) is 1.98. The van der Waals surface area contributed by atoms with E-state index in [-0.39, 0.29) is 5.41 Å². The third kappa shape index (κ3) is 3.50. The molecule has 2 rings (SSSR count). The van der Waals surface area contributed by atoms with Gasteiger partial charge in [0.1, 0.15) is 0 Å². The minimum absolute atomic E-state index is 0.131. The van der Waals surface area contributed by atoms with Crippen molar-refractivity contribution in [3.63, 3.8) is 0 Å². The third-order valence-electron chi connectivity index (χ3n) is 3.24. The Morgan fingerprint density at radius 3 is 2.26 bits per heavy atom. The molecule has 0 saturated heterocycles. The van der Waals surface area contributed by atoms with Crippen LogP contribution in [0.25, 0.3) is 0 Å². The molecular formula is C17H22N2. The van der Waals surface area contributed by atoms with Gasteiger partial charge in [0.05, 0.1) is 11.4 Å². The van der Waals surface area contributed by atoms with E-state index in [0.717, 1.165) is 17.9 Å². The smallest absolute Gasteiger partial charge is 0.0576 e. The topological polar surface area (TPSA) is 38.0 Å². The first-order valence-corrected chi connectivity index (χ1v) is 6.64. The van der Waals surface area contributed by atoms with Crippen LogP contribution in [-0.4, -0.2) is 0 Å². The monoisotopic (exact) mass is 254 g/mol. The predicted octanol–water partition coefficient (Wildman–Crippen LogP) is 4.18. The van der Waals surface area contributed by atoms with Crippen LogP contribution in [0, 0.1) is 0 Å². The summed E-state index contributed by atoms with van der Waals surface area (Å²) >= 11 is 0. The van der Waals surface area contributed by atoms with Crippen molar-refractivity contribution in [2.24, 2.45) is 0 Å². The number of anilines is 2. The van der Waals surface area contributed by atoms with Crippen LogP contribution in [0.4, 0.5) is 11.4 Å². The maximum Gasteiger partial charge on any atom is 0.0576 e. The van der Waals surface area contributed by atoms with Crippen LogP contribution in [0.1, 0.15) is 31.9 Å². The minimum Gasteiger partial charge on any atom is -0.397 e. The molecule has 0 amide bonds. The summed E-state index contributed by atoms with van der Waals surface area (Å²) in [6, 6.07) is 16.6. The van der Waals surface area contributed by atoms with Crippen LogP contribution in [0.3, 0.4) is 0 Å². The molecule has 2 aromatic carbocycles. The van der Waals surface area contributed by atoms with E-state index in [1.807, 2.05) is 18.2 Å². The molecule has 0 atom stereocenters. The number of rotatable bonds is 3. The van der Waals surface area contributed by atoms with Gasteiger partial charge >= 0.3 is 0 Å². The summed E-state index contributed by atoms with van der Waals surface area (Å²) in [7, 11) is 0. The quantitative estimate of drug-likeness (QED) is 0.806. The van der Waals surface area contributed by atoms with Gasteiger partial charge in [-0.1, -0.05) is 57.2 Å². The SMILES string of the molecule is CC(C)(C)c1ccc(NCc2ccccc2)c(N)c1. The Bertz CT molecular complexity index is 539. The molecule has 0 spiro atoms. The standard InChI is InChI=1S/C17H22N2/c1-17(2,3)14-9-10-16(15(18)11-14)19-12-13-7-5-4-6-8-13/h4-11,19H,12,18H2,1-3H3. The van der Waals surface area contributed by atoms with E-state index in [9.17, 15) is 0 Å². The molecule has 3 N–H and O–H groups in total. The molecule has 0 aliphatic carbocycles. The lowest BCUT2D eigenvalue weighted by molar-refractivity contribution is 0.590. The van der Waals surface area contributed by atoms with Crippen molar-refractivity contribution < 1.29 is 0 Å². The molecule has 0 unspecified atom stereocenters. The second kappa shape index (κ2) is 5.35. The van der Waals surface area contributed by atoms with Crippen LogP contribution >= 0.6 is 0 Å². The van der Waals surface area contributed by atoms with Crippen molar-refractivity contribution in [3.05, 3.63) is 59.7 Å². The van der Waals surface area contributed by atoms with Gasteiger partial charge in [-0.2, -0.15) is 0 Å². The summed E-state index contributed by atoms with van der Waals surface area (Å²) in [5.74, 6) is 0. The summed E-state index contributed by atoms with van der Waals surface area (Å²) in [5, 5.41) is 3.38. The number of benzene rings is 2. The first-order valence-electron chi connectivity index (χ1n) is 6.64. The van der Waals surface area contributed by atoms with Crippen LogP contribution in [-0.2, 0) is 12.0 Å². The zero-order chi connectivity index (χ0) is 13.9. The van der Waals surface area contributed by atoms with Crippen molar-refractivity contribution in [2.75, 3.05) is 11.1 Å². The highest BCUT2D eigenvalue weighted by Crippen LogP contribution is 2.28. The van der Waals surface area contributed by atoms with Crippen molar-refractivity contribution in [3.8, 4) is 0 Å². The largest absolute Gasteiger partial charge is 0.397 e. The molecule has 0 saturated carbocycles. The average molecular weight is 254 g/mol. The van der Waals surface area contributed by atoms with Crippen molar-refractivity contribution in [1.29, 1.82) is 0 Å². The molecule has 0 fully saturated rings. The molecular weight excluding hydrogens is 232 g/mol. The molecule has 0 heterocycles. The van der Waals surface area contributed by atoms with E-state index in [1.165, 1.54) is 11.1 Å². The number of nitrogens with two attached hydrogens (primary N) is 1. The molecule has 2 nitrogen and oxygen atoms in total. The van der Waals surface area contributed by atoms with Gasteiger partial charge in [0.25, 0.3) is 0 Å². The van der Waals surface area contributed by atoms with Gasteiger partial charge < -0.3 is 11.1 Å². The fraction of sp³-hybridized carbons (Fsp3) is 0.294. The molecule has 0 aromatic heterocycles. The highest BCUT2D eigenvalue weighted by molar-refractivity contribution is 5.67. The second-order valence-corrected chi connectivity index (χ2v) is 5.89. The molecule has 19 heavy (non-hydrogen) atoms. The van der Waals surface area contributed by atoms with Gasteiger partial charge in [0.15, 0.2) is 0 Å². The van der Waals surface area contributed by atoms with Crippen molar-refractivity contribution >= 4 is 11.4 Å². The number of nitrogens with one attached hydrogen (secondary N) is 1. The number of hydrogen-bond acceptors (Lipinski definition) is 2. The second-order valence-electron chi connectivity index (χ2n) is 5.89. The first-order chi connectivity index (χ1) is 8.97. The Labute approximate surface area is 115 Å². The maximum absolute atomic E-state index is 6.12. The van der Waals surface area contributed by atoms with Gasteiger partial charge in [0.2, 0.25) is 0 Å². The maximum atomic E-state index is 6.12. The predicted molar refractivity (Wildman–Crippen MR) is 83.3 cm³/mol. The van der Waals surface area contributed by atoms with Crippen LogP contribution < -0.4 is 11.1 Å². The zero-order valence-electron chi connectivity index (χ0n) is 11.9. The van der Waals surface area contributed by atoms with E-state index in [1.54, 1.807) is 0 Å². The lowest BCUT2D eigenvalue weighted by atomic mass is 9.86. The first kappa shape index (κ1) is 13.5. The summed E-state index contributed by atoms with van der Waals surface area (Å²) in [4.78, 5) is 0. The summed E-state index contributed by atoms with van der Waals surface area (Å²) in [6.07, 6.45) is 0. The van der Waals surface area contributed by atoms with Crippen LogP contribution in [0.2, 0.25) is 0 Å². The molecule has 0 radical (unpaired) electrons. The van der Waals surface area contributed by atoms with E-state index in [0.29, 0.717) is 0 Å². The average Bonchev–Trinajstić information content (AvgIpc) is 2.37. The van der Waals surface area contributed by atoms with Gasteiger partial charge in [-0.05, 0) is 28.7 Å². The Morgan fingerprint density at radius 1 is 1.00 bits per heavy atom. The highest BCUT2D eigenvalue weighted by atomic mass is 14.9. The van der Waals surface area contributed by atoms with Gasteiger partial charge in [-0.3, -0.25) is 0 Å². The highest BCUT2D eigenvalue weighted by Gasteiger charge is 2.14. The lowest BCUT2D eigenvalue weighted by Gasteiger charge is -2.20. The summed E-state index contributed by atoms with van der Waals surface area (Å²) in [6.45, 7) is 7.37. The molecule has 2 aromatic rings. The third-order valence-corrected chi connectivity index (χ3v) is 3.24. The van der Waals surface area contributed by atoms with Gasteiger partial charge in [-0.25, -0.2) is 0 Å². The molecule has 2 heteroatoms. The van der Waals surface area contributed by atoms with Gasteiger partial charge in [-0.15, -0.1) is 0 Å². The Kier molecular flexibility index (Phi) is 3.79. The van der Waals surface area contributed by atoms with E-state index < -0.39 is 0 Å². The van der Waals surface area contributed by atoms with Crippen molar-refractivity contribution in [1.82, 2.24) is 0 Å². The normalized spacial score (nSPS) is 11.3. The van der Waals surface area contributed by atoms with Crippen LogP contribution in [0.5, 0.6) is 0 Å². The number of nitrogen functional groups attached to an aromatic ring is 1. The molecule has 100 valence electrons. The Hall–Kier alpha value is -1.96. The Morgan fingerprint density at radius 2 is 1.68 bits per heavy atom. The fourth-order valence-corrected chi connectivity index (χ4v) is 1.98. The van der Waals surface area contributed by atoms with Crippen LogP contribution in [0.15, 0.2) is 48.5 Å². The van der Waals surface area contributed by atoms with E-state index >= 15 is 0 Å². The molecule has 0 aliphatic rings. The van der Waals surface area contributed by atoms with E-state index in [2.05, 4.69) is 56.4 Å². The summed E-state index contributed by atoms with van der Waals surface area (Å²) in [5.41, 5.74) is 10.6. The van der Waals surface area contributed by atoms with Gasteiger partial charge in [0, 0.05) is 6.54 Å². The lowest BCUT2D eigenvalue weighted by Crippen LogP contribution is -2.12. The number of hydrogen-bond donors (Lipinski definition) is 2. The summed E-state index contributed by atoms with van der Waals surface area (Å²) < 4.78 is 0. The Balaban J connectivity index is 2.10. The molecule has 0 aliphatic heterocycles. The zero-order valence-corrected chi connectivity index (χ0v) is 11.9. The minimum atomic E-state index is 0.131. The molecule has 0 bridgehead atoms. The van der Waals surface area contributed by atoms with E-state index in [4.69, 9.17) is 5.73 Å².